The third-order valence-electron chi connectivity index (χ3n) is 4.80. The van der Waals surface area contributed by atoms with Crippen molar-refractivity contribution in [3.8, 4) is 0 Å². The predicted molar refractivity (Wildman–Crippen MR) is 94.3 cm³/mol. The number of pyridine rings is 1. The fraction of sp³-hybridized carbons (Fsp3) is 0.474. The average molecular weight is 343 g/mol. The second-order valence-electron chi connectivity index (χ2n) is 6.50. The number of aryl methyl sites for hydroxylation is 1. The van der Waals surface area contributed by atoms with E-state index in [4.69, 9.17) is 9.15 Å². The summed E-state index contributed by atoms with van der Waals surface area (Å²) in [5.41, 5.74) is 2.07. The number of ether oxygens (including phenoxy) is 1. The van der Waals surface area contributed by atoms with Crippen molar-refractivity contribution in [3.05, 3.63) is 53.2 Å². The maximum Gasteiger partial charge on any atom is 0.374 e. The molecule has 0 saturated carbocycles. The van der Waals surface area contributed by atoms with Gasteiger partial charge in [-0.3, -0.25) is 14.8 Å². The Kier molecular flexibility index (Phi) is 5.50. The third-order valence-corrected chi connectivity index (χ3v) is 4.80. The summed E-state index contributed by atoms with van der Waals surface area (Å²) in [4.78, 5) is 20.7. The number of carbonyl (C=O) groups is 1. The molecule has 1 saturated heterocycles. The lowest BCUT2D eigenvalue weighted by Crippen LogP contribution is -2.46. The first-order valence-corrected chi connectivity index (χ1v) is 8.62. The van der Waals surface area contributed by atoms with Crippen molar-refractivity contribution < 1.29 is 13.9 Å². The second kappa shape index (κ2) is 7.80. The zero-order valence-corrected chi connectivity index (χ0v) is 15.1. The Hall–Kier alpha value is -2.18. The van der Waals surface area contributed by atoms with Crippen molar-refractivity contribution >= 4 is 5.97 Å². The lowest BCUT2D eigenvalue weighted by Gasteiger charge is -2.37. The minimum Gasteiger partial charge on any atom is -0.463 e. The number of aromatic nitrogens is 1. The highest BCUT2D eigenvalue weighted by Crippen LogP contribution is 2.26. The first-order chi connectivity index (χ1) is 12.1. The van der Waals surface area contributed by atoms with E-state index in [9.17, 15) is 4.79 Å². The minimum absolute atomic E-state index is 0.137. The quantitative estimate of drug-likeness (QED) is 0.778. The number of nitrogens with zero attached hydrogens (tertiary/aromatic N) is 3. The van der Waals surface area contributed by atoms with E-state index in [0.29, 0.717) is 5.76 Å². The van der Waals surface area contributed by atoms with E-state index in [0.717, 1.165) is 44.0 Å². The Labute approximate surface area is 148 Å². The van der Waals surface area contributed by atoms with Crippen molar-refractivity contribution in [2.75, 3.05) is 33.3 Å². The molecule has 1 fully saturated rings. The van der Waals surface area contributed by atoms with Gasteiger partial charge in [-0.2, -0.15) is 0 Å². The SMILES string of the molecule is COC(=O)c1oc([C@@H](C)N2CCN(Cc3cccnc3)CC2)cc1C. The highest BCUT2D eigenvalue weighted by molar-refractivity contribution is 5.87. The van der Waals surface area contributed by atoms with Crippen LogP contribution in [0.2, 0.25) is 0 Å². The van der Waals surface area contributed by atoms with E-state index in [1.54, 1.807) is 6.20 Å². The molecule has 2 aromatic rings. The van der Waals surface area contributed by atoms with E-state index < -0.39 is 5.97 Å². The Bertz CT molecular complexity index is 706. The summed E-state index contributed by atoms with van der Waals surface area (Å²) in [6.07, 6.45) is 3.73. The molecule has 0 aromatic carbocycles. The molecule has 134 valence electrons. The number of hydrogen-bond donors (Lipinski definition) is 0. The van der Waals surface area contributed by atoms with Gasteiger partial charge in [0.05, 0.1) is 13.2 Å². The summed E-state index contributed by atoms with van der Waals surface area (Å²) in [6, 6.07) is 6.17. The number of carbonyl (C=O) groups excluding carboxylic acids is 1. The van der Waals surface area contributed by atoms with Gasteiger partial charge in [-0.25, -0.2) is 4.79 Å². The largest absolute Gasteiger partial charge is 0.463 e. The van der Waals surface area contributed by atoms with Crippen molar-refractivity contribution in [3.63, 3.8) is 0 Å². The summed E-state index contributed by atoms with van der Waals surface area (Å²) in [5.74, 6) is 0.704. The Balaban J connectivity index is 1.58. The first kappa shape index (κ1) is 17.6. The highest BCUT2D eigenvalue weighted by Gasteiger charge is 2.26. The van der Waals surface area contributed by atoms with Crippen LogP contribution in [0.5, 0.6) is 0 Å². The fourth-order valence-electron chi connectivity index (χ4n) is 3.25. The van der Waals surface area contributed by atoms with Crippen molar-refractivity contribution in [1.82, 2.24) is 14.8 Å². The molecule has 1 aliphatic heterocycles. The number of hydrogen-bond acceptors (Lipinski definition) is 6. The van der Waals surface area contributed by atoms with Gasteiger partial charge in [0.25, 0.3) is 0 Å². The standard InChI is InChI=1S/C19H25N3O3/c1-14-11-17(25-18(14)19(23)24-3)15(2)22-9-7-21(8-10-22)13-16-5-4-6-20-12-16/h4-6,11-12,15H,7-10,13H2,1-3H3/t15-/m1/s1. The van der Waals surface area contributed by atoms with Crippen LogP contribution in [0.4, 0.5) is 0 Å². The maximum atomic E-state index is 11.7. The Morgan fingerprint density at radius 3 is 2.76 bits per heavy atom. The maximum absolute atomic E-state index is 11.7. The summed E-state index contributed by atoms with van der Waals surface area (Å²) in [5, 5.41) is 0. The lowest BCUT2D eigenvalue weighted by atomic mass is 10.1. The molecule has 2 aromatic heterocycles. The van der Waals surface area contributed by atoms with Gasteiger partial charge in [-0.05, 0) is 31.5 Å². The Morgan fingerprint density at radius 1 is 1.36 bits per heavy atom. The molecule has 0 aliphatic carbocycles. The number of piperazine rings is 1. The molecule has 1 atom stereocenters. The average Bonchev–Trinajstić information content (AvgIpc) is 3.04. The van der Waals surface area contributed by atoms with Crippen LogP contribution >= 0.6 is 0 Å². The van der Waals surface area contributed by atoms with Gasteiger partial charge in [-0.15, -0.1) is 0 Å². The van der Waals surface area contributed by atoms with Gasteiger partial charge in [-0.1, -0.05) is 6.07 Å². The van der Waals surface area contributed by atoms with Gasteiger partial charge >= 0.3 is 5.97 Å². The van der Waals surface area contributed by atoms with Crippen LogP contribution in [-0.2, 0) is 11.3 Å². The Morgan fingerprint density at radius 2 is 2.12 bits per heavy atom. The van der Waals surface area contributed by atoms with E-state index in [1.807, 2.05) is 25.3 Å². The first-order valence-electron chi connectivity index (χ1n) is 8.62. The number of esters is 1. The molecular weight excluding hydrogens is 318 g/mol. The number of methoxy groups -OCH3 is 1. The lowest BCUT2D eigenvalue weighted by molar-refractivity contribution is 0.0551. The van der Waals surface area contributed by atoms with Crippen LogP contribution < -0.4 is 0 Å². The van der Waals surface area contributed by atoms with Gasteiger partial charge < -0.3 is 9.15 Å². The zero-order valence-electron chi connectivity index (χ0n) is 15.1. The molecule has 0 spiro atoms. The van der Waals surface area contributed by atoms with Crippen molar-refractivity contribution in [2.45, 2.75) is 26.4 Å². The smallest absolute Gasteiger partial charge is 0.374 e. The van der Waals surface area contributed by atoms with Gasteiger partial charge in [0.15, 0.2) is 0 Å². The molecule has 3 heterocycles. The molecule has 6 nitrogen and oxygen atoms in total. The zero-order chi connectivity index (χ0) is 17.8. The summed E-state index contributed by atoms with van der Waals surface area (Å²) >= 11 is 0. The van der Waals surface area contributed by atoms with Crippen molar-refractivity contribution in [1.29, 1.82) is 0 Å². The normalized spacial score (nSPS) is 17.4. The topological polar surface area (TPSA) is 58.8 Å². The van der Waals surface area contributed by atoms with Crippen LogP contribution in [-0.4, -0.2) is 54.0 Å². The number of furan rings is 1. The fourth-order valence-corrected chi connectivity index (χ4v) is 3.25. The van der Waals surface area contributed by atoms with E-state index in [-0.39, 0.29) is 6.04 Å². The molecule has 6 heteroatoms. The second-order valence-corrected chi connectivity index (χ2v) is 6.50. The molecule has 1 aliphatic rings. The molecule has 0 bridgehead atoms. The molecule has 25 heavy (non-hydrogen) atoms. The van der Waals surface area contributed by atoms with E-state index in [1.165, 1.54) is 12.7 Å². The minimum atomic E-state index is -0.419. The summed E-state index contributed by atoms with van der Waals surface area (Å²) in [7, 11) is 1.37. The molecular formula is C19H25N3O3. The summed E-state index contributed by atoms with van der Waals surface area (Å²) in [6.45, 7) is 8.87. The number of rotatable bonds is 5. The van der Waals surface area contributed by atoms with Gasteiger partial charge in [0.2, 0.25) is 5.76 Å². The van der Waals surface area contributed by atoms with Gasteiger partial charge in [0, 0.05) is 50.7 Å². The van der Waals surface area contributed by atoms with Crippen LogP contribution in [0.15, 0.2) is 35.0 Å². The molecule has 0 amide bonds. The predicted octanol–water partition coefficient (Wildman–Crippen LogP) is 2.65. The molecule has 0 N–H and O–H groups in total. The highest BCUT2D eigenvalue weighted by atomic mass is 16.5. The van der Waals surface area contributed by atoms with E-state index in [2.05, 4.69) is 27.8 Å². The third kappa shape index (κ3) is 4.08. The van der Waals surface area contributed by atoms with Crippen LogP contribution in [0, 0.1) is 6.92 Å². The van der Waals surface area contributed by atoms with E-state index >= 15 is 0 Å². The molecule has 3 rings (SSSR count). The monoisotopic (exact) mass is 343 g/mol. The summed E-state index contributed by atoms with van der Waals surface area (Å²) < 4.78 is 10.5. The van der Waals surface area contributed by atoms with Gasteiger partial charge in [0.1, 0.15) is 5.76 Å². The molecule has 0 radical (unpaired) electrons. The molecule has 0 unspecified atom stereocenters. The van der Waals surface area contributed by atoms with Crippen molar-refractivity contribution in [2.24, 2.45) is 0 Å². The van der Waals surface area contributed by atoms with Crippen LogP contribution in [0.3, 0.4) is 0 Å². The van der Waals surface area contributed by atoms with Crippen LogP contribution in [0.1, 0.15) is 40.4 Å². The van der Waals surface area contributed by atoms with Crippen LogP contribution in [0.25, 0.3) is 0 Å².